The van der Waals surface area contributed by atoms with Gasteiger partial charge >= 0.3 is 0 Å². The molecule has 0 aliphatic heterocycles. The van der Waals surface area contributed by atoms with E-state index in [1.54, 1.807) is 0 Å². The maximum atomic E-state index is 12.1. The maximum Gasteiger partial charge on any atom is 0.255 e. The smallest absolute Gasteiger partial charge is 0.255 e. The predicted molar refractivity (Wildman–Crippen MR) is 80.2 cm³/mol. The van der Waals surface area contributed by atoms with Crippen molar-refractivity contribution in [2.75, 3.05) is 6.54 Å². The van der Waals surface area contributed by atoms with Crippen molar-refractivity contribution in [1.82, 2.24) is 5.32 Å². The zero-order valence-electron chi connectivity index (χ0n) is 11.5. The standard InChI is InChI=1S/C16H18N2O3/c17-10-12(8-11-4-2-1-3-5-11)18-16(21)14-7-6-13(19)9-15(14)20/h1-7,9,12,19-20H,8,10,17H2,(H,18,21). The summed E-state index contributed by atoms with van der Waals surface area (Å²) in [6, 6.07) is 13.3. The minimum absolute atomic E-state index is 0.0938. The second-order valence-corrected chi connectivity index (χ2v) is 4.80. The molecule has 0 aliphatic carbocycles. The third-order valence-electron chi connectivity index (χ3n) is 3.17. The van der Waals surface area contributed by atoms with Crippen molar-refractivity contribution in [1.29, 1.82) is 0 Å². The summed E-state index contributed by atoms with van der Waals surface area (Å²) in [6.07, 6.45) is 0.613. The number of benzene rings is 2. The number of carbonyl (C=O) groups is 1. The summed E-state index contributed by atoms with van der Waals surface area (Å²) in [6.45, 7) is 0.291. The highest BCUT2D eigenvalue weighted by Crippen LogP contribution is 2.22. The van der Waals surface area contributed by atoms with Gasteiger partial charge in [-0.1, -0.05) is 30.3 Å². The molecule has 1 amide bonds. The Morgan fingerprint density at radius 3 is 2.48 bits per heavy atom. The molecule has 0 fully saturated rings. The van der Waals surface area contributed by atoms with E-state index < -0.39 is 5.91 Å². The zero-order chi connectivity index (χ0) is 15.2. The highest BCUT2D eigenvalue weighted by atomic mass is 16.3. The number of phenols is 2. The largest absolute Gasteiger partial charge is 0.508 e. The van der Waals surface area contributed by atoms with Crippen molar-refractivity contribution in [3.05, 3.63) is 59.7 Å². The Labute approximate surface area is 123 Å². The van der Waals surface area contributed by atoms with Crippen molar-refractivity contribution in [3.63, 3.8) is 0 Å². The molecule has 1 atom stereocenters. The van der Waals surface area contributed by atoms with Crippen molar-refractivity contribution in [3.8, 4) is 11.5 Å². The van der Waals surface area contributed by atoms with E-state index in [1.165, 1.54) is 12.1 Å². The molecular weight excluding hydrogens is 268 g/mol. The van der Waals surface area contributed by atoms with Gasteiger partial charge in [0, 0.05) is 18.7 Å². The lowest BCUT2D eigenvalue weighted by Crippen LogP contribution is -2.41. The minimum atomic E-state index is -0.418. The number of nitrogens with two attached hydrogens (primary N) is 1. The molecule has 5 N–H and O–H groups in total. The van der Waals surface area contributed by atoms with Crippen LogP contribution in [-0.4, -0.2) is 28.7 Å². The van der Waals surface area contributed by atoms with E-state index in [1.807, 2.05) is 30.3 Å². The fourth-order valence-corrected chi connectivity index (χ4v) is 2.07. The first-order valence-corrected chi connectivity index (χ1v) is 6.67. The second kappa shape index (κ2) is 6.76. The van der Waals surface area contributed by atoms with Crippen LogP contribution in [-0.2, 0) is 6.42 Å². The first kappa shape index (κ1) is 14.9. The van der Waals surface area contributed by atoms with E-state index in [0.29, 0.717) is 13.0 Å². The Morgan fingerprint density at radius 2 is 1.86 bits per heavy atom. The predicted octanol–water partition coefficient (Wildman–Crippen LogP) is 1.40. The number of amides is 1. The van der Waals surface area contributed by atoms with E-state index in [4.69, 9.17) is 5.73 Å². The van der Waals surface area contributed by atoms with Crippen molar-refractivity contribution in [2.24, 2.45) is 5.73 Å². The Bertz CT molecular complexity index is 614. The number of phenolic OH excluding ortho intramolecular Hbond substituents is 2. The average molecular weight is 286 g/mol. The van der Waals surface area contributed by atoms with E-state index in [2.05, 4.69) is 5.32 Å². The third-order valence-corrected chi connectivity index (χ3v) is 3.17. The van der Waals surface area contributed by atoms with Crippen LogP contribution in [0.2, 0.25) is 0 Å². The van der Waals surface area contributed by atoms with E-state index in [-0.39, 0.29) is 23.1 Å². The van der Waals surface area contributed by atoms with Crippen LogP contribution < -0.4 is 11.1 Å². The minimum Gasteiger partial charge on any atom is -0.508 e. The van der Waals surface area contributed by atoms with E-state index in [9.17, 15) is 15.0 Å². The maximum absolute atomic E-state index is 12.1. The van der Waals surface area contributed by atoms with Crippen molar-refractivity contribution >= 4 is 5.91 Å². The lowest BCUT2D eigenvalue weighted by Gasteiger charge is -2.17. The Morgan fingerprint density at radius 1 is 1.14 bits per heavy atom. The summed E-state index contributed by atoms with van der Waals surface area (Å²) < 4.78 is 0. The van der Waals surface area contributed by atoms with Crippen molar-refractivity contribution in [2.45, 2.75) is 12.5 Å². The van der Waals surface area contributed by atoms with Crippen molar-refractivity contribution < 1.29 is 15.0 Å². The normalized spacial score (nSPS) is 11.9. The highest BCUT2D eigenvalue weighted by molar-refractivity contribution is 5.97. The molecule has 2 rings (SSSR count). The molecule has 0 bridgehead atoms. The quantitative estimate of drug-likeness (QED) is 0.668. The summed E-state index contributed by atoms with van der Waals surface area (Å²) in [5.41, 5.74) is 6.87. The molecule has 5 nitrogen and oxygen atoms in total. The summed E-state index contributed by atoms with van der Waals surface area (Å²) in [4.78, 5) is 12.1. The first-order chi connectivity index (χ1) is 10.1. The zero-order valence-corrected chi connectivity index (χ0v) is 11.5. The van der Waals surface area contributed by atoms with Crippen LogP contribution in [0.1, 0.15) is 15.9 Å². The fraction of sp³-hybridized carbons (Fsp3) is 0.188. The van der Waals surface area contributed by atoms with Gasteiger partial charge < -0.3 is 21.3 Å². The first-order valence-electron chi connectivity index (χ1n) is 6.67. The molecule has 5 heteroatoms. The van der Waals surface area contributed by atoms with Crippen LogP contribution in [0.3, 0.4) is 0 Å². The van der Waals surface area contributed by atoms with Crippen LogP contribution in [0.25, 0.3) is 0 Å². The molecule has 0 saturated carbocycles. The summed E-state index contributed by atoms with van der Waals surface area (Å²) in [5.74, 6) is -0.773. The monoisotopic (exact) mass is 286 g/mol. The molecule has 1 unspecified atom stereocenters. The Balaban J connectivity index is 2.06. The van der Waals surface area contributed by atoms with Gasteiger partial charge in [-0.05, 0) is 24.1 Å². The fourth-order valence-electron chi connectivity index (χ4n) is 2.07. The number of aromatic hydroxyl groups is 2. The molecule has 0 radical (unpaired) electrons. The van der Waals surface area contributed by atoms with Crippen LogP contribution in [0, 0.1) is 0 Å². The third kappa shape index (κ3) is 3.97. The molecule has 0 spiro atoms. The lowest BCUT2D eigenvalue weighted by molar-refractivity contribution is 0.0935. The molecular formula is C16H18N2O3. The summed E-state index contributed by atoms with van der Waals surface area (Å²) >= 11 is 0. The SMILES string of the molecule is NCC(Cc1ccccc1)NC(=O)c1ccc(O)cc1O. The number of rotatable bonds is 5. The van der Waals surface area contributed by atoms with Crippen LogP contribution >= 0.6 is 0 Å². The van der Waals surface area contributed by atoms with E-state index in [0.717, 1.165) is 11.6 Å². The molecule has 0 heterocycles. The molecule has 2 aromatic carbocycles. The van der Waals surface area contributed by atoms with Gasteiger partial charge in [0.15, 0.2) is 0 Å². The summed E-state index contributed by atoms with van der Waals surface area (Å²) in [7, 11) is 0. The van der Waals surface area contributed by atoms with Gasteiger partial charge in [0.2, 0.25) is 0 Å². The van der Waals surface area contributed by atoms with Gasteiger partial charge in [0.05, 0.1) is 5.56 Å². The topological polar surface area (TPSA) is 95.6 Å². The van der Waals surface area contributed by atoms with Gasteiger partial charge in [-0.25, -0.2) is 0 Å². The molecule has 2 aromatic rings. The second-order valence-electron chi connectivity index (χ2n) is 4.80. The average Bonchev–Trinajstić information content (AvgIpc) is 2.47. The lowest BCUT2D eigenvalue weighted by atomic mass is 10.1. The number of hydrogen-bond donors (Lipinski definition) is 4. The molecule has 0 saturated heterocycles. The van der Waals surface area contributed by atoms with Gasteiger partial charge in [0.25, 0.3) is 5.91 Å². The van der Waals surface area contributed by atoms with Gasteiger partial charge in [0.1, 0.15) is 11.5 Å². The van der Waals surface area contributed by atoms with Gasteiger partial charge in [-0.2, -0.15) is 0 Å². The van der Waals surface area contributed by atoms with Gasteiger partial charge in [-0.3, -0.25) is 4.79 Å². The highest BCUT2D eigenvalue weighted by Gasteiger charge is 2.16. The number of carbonyl (C=O) groups excluding carboxylic acids is 1. The Kier molecular flexibility index (Phi) is 4.79. The van der Waals surface area contributed by atoms with Gasteiger partial charge in [-0.15, -0.1) is 0 Å². The molecule has 0 aliphatic rings. The Hall–Kier alpha value is -2.53. The number of nitrogens with one attached hydrogen (secondary N) is 1. The molecule has 21 heavy (non-hydrogen) atoms. The van der Waals surface area contributed by atoms with Crippen LogP contribution in [0.15, 0.2) is 48.5 Å². The van der Waals surface area contributed by atoms with E-state index >= 15 is 0 Å². The molecule has 110 valence electrons. The number of hydrogen-bond acceptors (Lipinski definition) is 4. The summed E-state index contributed by atoms with van der Waals surface area (Å²) in [5, 5.41) is 21.7. The van der Waals surface area contributed by atoms with Crippen LogP contribution in [0.5, 0.6) is 11.5 Å². The van der Waals surface area contributed by atoms with Crippen LogP contribution in [0.4, 0.5) is 0 Å². The molecule has 0 aromatic heterocycles.